The van der Waals surface area contributed by atoms with Gasteiger partial charge in [0, 0.05) is 18.5 Å². The van der Waals surface area contributed by atoms with Crippen LogP contribution in [-0.2, 0) is 0 Å². The second-order valence-corrected chi connectivity index (χ2v) is 3.60. The van der Waals surface area contributed by atoms with Gasteiger partial charge in [0.15, 0.2) is 0 Å². The van der Waals surface area contributed by atoms with Crippen LogP contribution < -0.4 is 4.31 Å². The van der Waals surface area contributed by atoms with E-state index in [0.29, 0.717) is 0 Å². The lowest BCUT2D eigenvalue weighted by atomic mass is 10.3. The van der Waals surface area contributed by atoms with Crippen LogP contribution in [-0.4, -0.2) is 24.5 Å². The van der Waals surface area contributed by atoms with Crippen molar-refractivity contribution in [2.45, 2.75) is 0 Å². The van der Waals surface area contributed by atoms with E-state index in [2.05, 4.69) is 4.31 Å². The number of aliphatic hydroxyl groups is 1. The molecule has 0 aliphatic heterocycles. The second kappa shape index (κ2) is 5.06. The lowest BCUT2D eigenvalue weighted by Gasteiger charge is -2.16. The van der Waals surface area contributed by atoms with Crippen LogP contribution in [0.1, 0.15) is 0 Å². The molecule has 1 rings (SSSR count). The number of para-hydroxylation sites is 1. The van der Waals surface area contributed by atoms with E-state index in [1.165, 1.54) is 0 Å². The second-order valence-electron chi connectivity index (χ2n) is 2.39. The average molecular weight is 183 g/mol. The maximum atomic E-state index is 8.61. The quantitative estimate of drug-likeness (QED) is 0.720. The summed E-state index contributed by atoms with van der Waals surface area (Å²) in [7, 11) is 2.00. The van der Waals surface area contributed by atoms with Gasteiger partial charge in [-0.3, -0.25) is 0 Å². The highest BCUT2D eigenvalue weighted by molar-refractivity contribution is 8.00. The molecule has 0 saturated carbocycles. The van der Waals surface area contributed by atoms with Crippen molar-refractivity contribution in [2.75, 3.05) is 23.7 Å². The van der Waals surface area contributed by atoms with Gasteiger partial charge in [0.05, 0.1) is 6.61 Å². The highest BCUT2D eigenvalue weighted by Crippen LogP contribution is 2.18. The van der Waals surface area contributed by atoms with Crippen molar-refractivity contribution in [1.29, 1.82) is 0 Å². The molecule has 0 radical (unpaired) electrons. The highest BCUT2D eigenvalue weighted by Gasteiger charge is 1.97. The van der Waals surface area contributed by atoms with E-state index >= 15 is 0 Å². The minimum Gasteiger partial charge on any atom is -0.395 e. The minimum absolute atomic E-state index is 0.224. The highest BCUT2D eigenvalue weighted by atomic mass is 32.2. The third-order valence-electron chi connectivity index (χ3n) is 1.50. The maximum absolute atomic E-state index is 8.61. The average Bonchev–Trinajstić information content (AvgIpc) is 2.15. The number of rotatable bonds is 4. The summed E-state index contributed by atoms with van der Waals surface area (Å²) in [4.78, 5) is 0. The standard InChI is InChI=1S/C9H13NOS/c1-10(12-8-7-11)9-5-3-2-4-6-9/h2-6,11H,7-8H2,1H3. The van der Waals surface area contributed by atoms with Crippen LogP contribution in [0, 0.1) is 0 Å². The molecule has 1 aromatic carbocycles. The molecule has 0 amide bonds. The van der Waals surface area contributed by atoms with E-state index in [-0.39, 0.29) is 6.61 Å². The Morgan fingerprint density at radius 3 is 2.58 bits per heavy atom. The third kappa shape index (κ3) is 2.75. The molecule has 66 valence electrons. The van der Waals surface area contributed by atoms with Gasteiger partial charge in [-0.1, -0.05) is 18.2 Å². The molecule has 3 heteroatoms. The van der Waals surface area contributed by atoms with Crippen molar-refractivity contribution in [3.63, 3.8) is 0 Å². The Kier molecular flexibility index (Phi) is 3.97. The van der Waals surface area contributed by atoms with Crippen molar-refractivity contribution in [3.8, 4) is 0 Å². The van der Waals surface area contributed by atoms with Gasteiger partial charge < -0.3 is 9.41 Å². The largest absolute Gasteiger partial charge is 0.395 e. The fourth-order valence-electron chi connectivity index (χ4n) is 0.890. The molecule has 12 heavy (non-hydrogen) atoms. The van der Waals surface area contributed by atoms with Gasteiger partial charge >= 0.3 is 0 Å². The zero-order valence-corrected chi connectivity index (χ0v) is 7.92. The molecule has 0 aliphatic rings. The van der Waals surface area contributed by atoms with E-state index in [0.717, 1.165) is 11.4 Å². The molecule has 0 aliphatic carbocycles. The van der Waals surface area contributed by atoms with Gasteiger partial charge in [-0.25, -0.2) is 0 Å². The molecule has 2 nitrogen and oxygen atoms in total. The molecule has 0 unspecified atom stereocenters. The van der Waals surface area contributed by atoms with E-state index < -0.39 is 0 Å². The molecular weight excluding hydrogens is 170 g/mol. The molecule has 0 saturated heterocycles. The van der Waals surface area contributed by atoms with Crippen LogP contribution in [0.4, 0.5) is 5.69 Å². The van der Waals surface area contributed by atoms with Crippen molar-refractivity contribution in [3.05, 3.63) is 30.3 Å². The van der Waals surface area contributed by atoms with E-state index in [4.69, 9.17) is 5.11 Å². The first-order valence-electron chi connectivity index (χ1n) is 3.87. The lowest BCUT2D eigenvalue weighted by molar-refractivity contribution is 0.322. The third-order valence-corrected chi connectivity index (χ3v) is 2.46. The number of benzene rings is 1. The Hall–Kier alpha value is -0.670. The smallest absolute Gasteiger partial charge is 0.0539 e. The lowest BCUT2D eigenvalue weighted by Crippen LogP contribution is -2.08. The first-order chi connectivity index (χ1) is 5.84. The maximum Gasteiger partial charge on any atom is 0.0539 e. The first-order valence-corrected chi connectivity index (χ1v) is 4.81. The number of nitrogens with zero attached hydrogens (tertiary/aromatic N) is 1. The van der Waals surface area contributed by atoms with Crippen molar-refractivity contribution in [1.82, 2.24) is 0 Å². The van der Waals surface area contributed by atoms with E-state index in [9.17, 15) is 0 Å². The molecule has 0 fully saturated rings. The van der Waals surface area contributed by atoms with Gasteiger partial charge in [-0.05, 0) is 24.1 Å². The number of anilines is 1. The summed E-state index contributed by atoms with van der Waals surface area (Å²) in [5.74, 6) is 0.741. The minimum atomic E-state index is 0.224. The van der Waals surface area contributed by atoms with Gasteiger partial charge in [0.1, 0.15) is 0 Å². The van der Waals surface area contributed by atoms with Crippen LogP contribution >= 0.6 is 11.9 Å². The summed E-state index contributed by atoms with van der Waals surface area (Å²) in [5, 5.41) is 8.61. The Bertz CT molecular complexity index is 215. The molecule has 0 spiro atoms. The summed E-state index contributed by atoms with van der Waals surface area (Å²) in [6, 6.07) is 10.1. The molecule has 0 bridgehead atoms. The number of hydrogen-bond donors (Lipinski definition) is 1. The van der Waals surface area contributed by atoms with Crippen LogP contribution in [0.5, 0.6) is 0 Å². The SMILES string of the molecule is CN(SCCO)c1ccccc1. The summed E-state index contributed by atoms with van der Waals surface area (Å²) in [5.41, 5.74) is 1.16. The molecule has 0 atom stereocenters. The fourth-order valence-corrected chi connectivity index (χ4v) is 1.52. The zero-order chi connectivity index (χ0) is 8.81. The van der Waals surface area contributed by atoms with Crippen LogP contribution in [0.25, 0.3) is 0 Å². The molecule has 1 N–H and O–H groups in total. The predicted molar refractivity (Wildman–Crippen MR) is 54.4 cm³/mol. The molecular formula is C9H13NOS. The molecule has 1 aromatic rings. The van der Waals surface area contributed by atoms with Gasteiger partial charge in [0.25, 0.3) is 0 Å². The van der Waals surface area contributed by atoms with Crippen molar-refractivity contribution < 1.29 is 5.11 Å². The van der Waals surface area contributed by atoms with Crippen molar-refractivity contribution in [2.24, 2.45) is 0 Å². The monoisotopic (exact) mass is 183 g/mol. The van der Waals surface area contributed by atoms with Gasteiger partial charge in [0.2, 0.25) is 0 Å². The predicted octanol–water partition coefficient (Wildman–Crippen LogP) is 1.76. The Balaban J connectivity index is 2.48. The van der Waals surface area contributed by atoms with Crippen molar-refractivity contribution >= 4 is 17.6 Å². The van der Waals surface area contributed by atoms with Crippen LogP contribution in [0.15, 0.2) is 30.3 Å². The van der Waals surface area contributed by atoms with Gasteiger partial charge in [-0.2, -0.15) is 0 Å². The van der Waals surface area contributed by atoms with Gasteiger partial charge in [-0.15, -0.1) is 0 Å². The summed E-state index contributed by atoms with van der Waals surface area (Å²) >= 11 is 1.61. The normalized spacial score (nSPS) is 9.83. The summed E-state index contributed by atoms with van der Waals surface area (Å²) in [6.07, 6.45) is 0. The Morgan fingerprint density at radius 2 is 2.00 bits per heavy atom. The van der Waals surface area contributed by atoms with Crippen LogP contribution in [0.3, 0.4) is 0 Å². The first kappa shape index (κ1) is 9.42. The Morgan fingerprint density at radius 1 is 1.33 bits per heavy atom. The topological polar surface area (TPSA) is 23.5 Å². The summed E-state index contributed by atoms with van der Waals surface area (Å²) in [6.45, 7) is 0.224. The van der Waals surface area contributed by atoms with E-state index in [1.807, 2.05) is 37.4 Å². The molecule has 0 heterocycles. The zero-order valence-electron chi connectivity index (χ0n) is 7.10. The number of aliphatic hydroxyl groups excluding tert-OH is 1. The molecule has 0 aromatic heterocycles. The van der Waals surface area contributed by atoms with Crippen LogP contribution in [0.2, 0.25) is 0 Å². The fraction of sp³-hybridized carbons (Fsp3) is 0.333. The van der Waals surface area contributed by atoms with E-state index in [1.54, 1.807) is 11.9 Å². The number of hydrogen-bond acceptors (Lipinski definition) is 3. The Labute approximate surface area is 77.3 Å². The summed E-state index contributed by atoms with van der Waals surface area (Å²) < 4.78 is 2.05.